The molecule has 0 spiro atoms. The Labute approximate surface area is 131 Å². The number of rotatable bonds is 4. The van der Waals surface area contributed by atoms with E-state index in [9.17, 15) is 9.59 Å². The van der Waals surface area contributed by atoms with Crippen LogP contribution in [0.4, 0.5) is 0 Å². The van der Waals surface area contributed by atoms with Crippen LogP contribution < -0.4 is 0 Å². The zero-order chi connectivity index (χ0) is 15.5. The second-order valence-electron chi connectivity index (χ2n) is 4.67. The minimum Gasteiger partial charge on any atom is -0.335 e. The maximum absolute atomic E-state index is 12.4. The second-order valence-corrected chi connectivity index (χ2v) is 5.10. The molecule has 0 bridgehead atoms. The molecule has 0 aliphatic carbocycles. The van der Waals surface area contributed by atoms with Gasteiger partial charge in [-0.05, 0) is 24.3 Å². The molecule has 0 aliphatic rings. The first-order valence-corrected chi connectivity index (χ1v) is 6.97. The van der Waals surface area contributed by atoms with Crippen LogP contribution in [0.1, 0.15) is 21.7 Å². The number of aldehydes is 1. The third-order valence-corrected chi connectivity index (χ3v) is 3.40. The molecule has 3 rings (SSSR count). The summed E-state index contributed by atoms with van der Waals surface area (Å²) in [5.41, 5.74) is 2.48. The molecule has 3 aromatic rings. The first kappa shape index (κ1) is 14.2. The number of nitrogens with one attached hydrogen (secondary N) is 1. The van der Waals surface area contributed by atoms with Crippen LogP contribution in [0.3, 0.4) is 0 Å². The van der Waals surface area contributed by atoms with Crippen molar-refractivity contribution >= 4 is 40.8 Å². The number of carbonyl (C=O) groups excluding carboxylic acids is 2. The number of imidazole rings is 1. The maximum atomic E-state index is 12.4. The first-order chi connectivity index (χ1) is 10.7. The molecule has 108 valence electrons. The van der Waals surface area contributed by atoms with Crippen LogP contribution in [-0.4, -0.2) is 22.0 Å². The highest BCUT2D eigenvalue weighted by Crippen LogP contribution is 2.24. The largest absolute Gasteiger partial charge is 0.335 e. The molecule has 0 radical (unpaired) electrons. The molecule has 0 amide bonds. The van der Waals surface area contributed by atoms with E-state index in [1.54, 1.807) is 42.5 Å². The Morgan fingerprint density at radius 1 is 1.18 bits per heavy atom. The summed E-state index contributed by atoms with van der Waals surface area (Å²) in [7, 11) is 0. The molecule has 0 fully saturated rings. The topological polar surface area (TPSA) is 62.8 Å². The minimum atomic E-state index is -0.196. The average molecular weight is 311 g/mol. The van der Waals surface area contributed by atoms with Gasteiger partial charge in [0.1, 0.15) is 6.29 Å². The zero-order valence-corrected chi connectivity index (χ0v) is 12.2. The molecule has 1 heterocycles. The van der Waals surface area contributed by atoms with E-state index in [0.717, 1.165) is 0 Å². The van der Waals surface area contributed by atoms with E-state index in [4.69, 9.17) is 11.6 Å². The van der Waals surface area contributed by atoms with Crippen LogP contribution in [0.15, 0.2) is 48.5 Å². The van der Waals surface area contributed by atoms with Crippen LogP contribution >= 0.6 is 11.6 Å². The zero-order valence-electron chi connectivity index (χ0n) is 11.4. The lowest BCUT2D eigenvalue weighted by atomic mass is 10.1. The minimum absolute atomic E-state index is 0.196. The van der Waals surface area contributed by atoms with Gasteiger partial charge in [0.05, 0.1) is 11.0 Å². The van der Waals surface area contributed by atoms with Crippen molar-refractivity contribution in [2.45, 2.75) is 0 Å². The third-order valence-electron chi connectivity index (χ3n) is 3.19. The van der Waals surface area contributed by atoms with Crippen molar-refractivity contribution in [3.63, 3.8) is 0 Å². The number of allylic oxidation sites excluding steroid dienone is 1. The monoisotopic (exact) mass is 310 g/mol. The highest BCUT2D eigenvalue weighted by molar-refractivity contribution is 6.31. The van der Waals surface area contributed by atoms with Gasteiger partial charge >= 0.3 is 0 Å². The summed E-state index contributed by atoms with van der Waals surface area (Å²) < 4.78 is 0. The second kappa shape index (κ2) is 5.95. The fourth-order valence-corrected chi connectivity index (χ4v) is 2.44. The van der Waals surface area contributed by atoms with Gasteiger partial charge in [-0.15, -0.1) is 0 Å². The average Bonchev–Trinajstić information content (AvgIpc) is 2.96. The van der Waals surface area contributed by atoms with Crippen LogP contribution in [0.5, 0.6) is 0 Å². The predicted molar refractivity (Wildman–Crippen MR) is 86.1 cm³/mol. The van der Waals surface area contributed by atoms with Crippen molar-refractivity contribution in [1.29, 1.82) is 0 Å². The number of hydrogen-bond acceptors (Lipinski definition) is 3. The lowest BCUT2D eigenvalue weighted by molar-refractivity contribution is -0.104. The number of benzene rings is 2. The number of aromatic amines is 1. The lowest BCUT2D eigenvalue weighted by Gasteiger charge is -1.96. The summed E-state index contributed by atoms with van der Waals surface area (Å²) in [5.74, 6) is 0.0439. The van der Waals surface area contributed by atoms with Gasteiger partial charge in [-0.3, -0.25) is 9.59 Å². The van der Waals surface area contributed by atoms with Crippen molar-refractivity contribution in [2.75, 3.05) is 0 Å². The van der Waals surface area contributed by atoms with Gasteiger partial charge in [-0.1, -0.05) is 41.9 Å². The van der Waals surface area contributed by atoms with Crippen molar-refractivity contribution in [3.05, 3.63) is 70.5 Å². The number of nitrogens with zero attached hydrogens (tertiary/aromatic N) is 1. The standard InChI is InChI=1S/C17H11ClN2O2/c18-13-9-12(7-4-8-21)15-14(10-13)19-17(20-15)16(22)11-5-2-1-3-6-11/h1-10H,(H,19,20)/b7-4+. The summed E-state index contributed by atoms with van der Waals surface area (Å²) in [5, 5.41) is 0.500. The van der Waals surface area contributed by atoms with Gasteiger partial charge in [0.25, 0.3) is 0 Å². The van der Waals surface area contributed by atoms with E-state index in [2.05, 4.69) is 9.97 Å². The number of carbonyl (C=O) groups is 2. The smallest absolute Gasteiger partial charge is 0.228 e. The summed E-state index contributed by atoms with van der Waals surface area (Å²) in [6, 6.07) is 12.3. The highest BCUT2D eigenvalue weighted by Gasteiger charge is 2.15. The molecule has 0 saturated carbocycles. The van der Waals surface area contributed by atoms with Crippen molar-refractivity contribution < 1.29 is 9.59 Å². The highest BCUT2D eigenvalue weighted by atomic mass is 35.5. The Balaban J connectivity index is 2.12. The summed E-state index contributed by atoms with van der Waals surface area (Å²) >= 11 is 6.05. The number of ketones is 1. The Hall–Kier alpha value is -2.72. The molecule has 4 nitrogen and oxygen atoms in total. The van der Waals surface area contributed by atoms with E-state index in [-0.39, 0.29) is 11.6 Å². The number of H-pyrrole nitrogens is 1. The predicted octanol–water partition coefficient (Wildman–Crippen LogP) is 3.66. The first-order valence-electron chi connectivity index (χ1n) is 6.60. The molecule has 0 atom stereocenters. The Morgan fingerprint density at radius 2 is 1.95 bits per heavy atom. The molecular weight excluding hydrogens is 300 g/mol. The fourth-order valence-electron chi connectivity index (χ4n) is 2.21. The number of halogens is 1. The summed E-state index contributed by atoms with van der Waals surface area (Å²) in [4.78, 5) is 30.3. The Morgan fingerprint density at radius 3 is 2.68 bits per heavy atom. The number of hydrogen-bond donors (Lipinski definition) is 1. The maximum Gasteiger partial charge on any atom is 0.228 e. The Bertz CT molecular complexity index is 882. The van der Waals surface area contributed by atoms with Gasteiger partial charge in [-0.25, -0.2) is 4.98 Å². The molecular formula is C17H11ClN2O2. The van der Waals surface area contributed by atoms with E-state index >= 15 is 0 Å². The fraction of sp³-hybridized carbons (Fsp3) is 0. The van der Waals surface area contributed by atoms with Gasteiger partial charge in [0, 0.05) is 16.1 Å². The van der Waals surface area contributed by atoms with E-state index in [1.165, 1.54) is 6.08 Å². The molecule has 0 unspecified atom stereocenters. The molecule has 5 heteroatoms. The van der Waals surface area contributed by atoms with Gasteiger partial charge in [0.2, 0.25) is 5.78 Å². The summed E-state index contributed by atoms with van der Waals surface area (Å²) in [6.07, 6.45) is 3.65. The molecule has 0 aliphatic heterocycles. The van der Waals surface area contributed by atoms with Crippen molar-refractivity contribution in [3.8, 4) is 0 Å². The molecule has 1 aromatic heterocycles. The number of aromatic nitrogens is 2. The van der Waals surface area contributed by atoms with Crippen molar-refractivity contribution in [2.24, 2.45) is 0 Å². The molecule has 2 aromatic carbocycles. The lowest BCUT2D eigenvalue weighted by Crippen LogP contribution is -2.02. The van der Waals surface area contributed by atoms with Crippen molar-refractivity contribution in [1.82, 2.24) is 9.97 Å². The van der Waals surface area contributed by atoms with Gasteiger partial charge < -0.3 is 4.98 Å². The summed E-state index contributed by atoms with van der Waals surface area (Å²) in [6.45, 7) is 0. The molecule has 0 saturated heterocycles. The van der Waals surface area contributed by atoms with Gasteiger partial charge in [-0.2, -0.15) is 0 Å². The molecule has 1 N–H and O–H groups in total. The van der Waals surface area contributed by atoms with Crippen LogP contribution in [0.2, 0.25) is 5.02 Å². The van der Waals surface area contributed by atoms with Crippen LogP contribution in [0.25, 0.3) is 17.1 Å². The third kappa shape index (κ3) is 2.69. The number of fused-ring (bicyclic) bond motifs is 1. The quantitative estimate of drug-likeness (QED) is 0.454. The van der Waals surface area contributed by atoms with E-state index < -0.39 is 0 Å². The van der Waals surface area contributed by atoms with Gasteiger partial charge in [0.15, 0.2) is 5.82 Å². The normalized spacial score (nSPS) is 11.1. The molecule has 22 heavy (non-hydrogen) atoms. The van der Waals surface area contributed by atoms with E-state index in [1.807, 2.05) is 6.07 Å². The van der Waals surface area contributed by atoms with E-state index in [0.29, 0.717) is 33.5 Å². The van der Waals surface area contributed by atoms with Crippen LogP contribution in [-0.2, 0) is 4.79 Å². The SMILES string of the molecule is O=C/C=C/c1cc(Cl)cc2[nH]c(C(=O)c3ccccc3)nc12. The Kier molecular flexibility index (Phi) is 3.85. The van der Waals surface area contributed by atoms with Crippen LogP contribution in [0, 0.1) is 0 Å².